The Hall–Kier alpha value is -1.13. The van der Waals surface area contributed by atoms with Crippen LogP contribution in [-0.2, 0) is 13.1 Å². The highest BCUT2D eigenvalue weighted by Crippen LogP contribution is 2.28. The molecule has 0 aliphatic heterocycles. The van der Waals surface area contributed by atoms with Gasteiger partial charge in [0.15, 0.2) is 0 Å². The van der Waals surface area contributed by atoms with Crippen molar-refractivity contribution in [2.24, 2.45) is 11.5 Å². The first-order chi connectivity index (χ1) is 6.83. The largest absolute Gasteiger partial charge is 0.488 e. The summed E-state index contributed by atoms with van der Waals surface area (Å²) >= 11 is 0. The Morgan fingerprint density at radius 1 is 1.29 bits per heavy atom. The average Bonchev–Trinajstić information content (AvgIpc) is 3.02. The molecule has 1 fully saturated rings. The minimum atomic E-state index is 0.380. The molecule has 0 saturated heterocycles. The van der Waals surface area contributed by atoms with E-state index in [1.54, 1.807) is 0 Å². The fourth-order valence-electron chi connectivity index (χ4n) is 1.27. The molecule has 0 aromatic carbocycles. The molecule has 0 bridgehead atoms. The Bertz CT molecular complexity index is 323. The predicted octanol–water partition coefficient (Wildman–Crippen LogP) is 0.540. The Labute approximate surface area is 83.3 Å². The van der Waals surface area contributed by atoms with E-state index >= 15 is 0 Å². The highest BCUT2D eigenvalue weighted by atomic mass is 16.5. The van der Waals surface area contributed by atoms with Gasteiger partial charge in [-0.3, -0.25) is 4.98 Å². The number of nitrogens with two attached hydrogens (primary N) is 2. The van der Waals surface area contributed by atoms with Crippen LogP contribution in [0, 0.1) is 0 Å². The minimum absolute atomic E-state index is 0.380. The molecule has 0 amide bonds. The lowest BCUT2D eigenvalue weighted by molar-refractivity contribution is 0.298. The molecule has 1 aromatic heterocycles. The van der Waals surface area contributed by atoms with Crippen LogP contribution in [0.2, 0.25) is 0 Å². The number of hydrogen-bond donors (Lipinski definition) is 2. The van der Waals surface area contributed by atoms with Crippen LogP contribution < -0.4 is 16.2 Å². The molecular weight excluding hydrogens is 178 g/mol. The second kappa shape index (κ2) is 3.94. The number of rotatable bonds is 4. The predicted molar refractivity (Wildman–Crippen MR) is 53.7 cm³/mol. The molecule has 0 atom stereocenters. The van der Waals surface area contributed by atoms with Gasteiger partial charge in [-0.1, -0.05) is 0 Å². The quantitative estimate of drug-likeness (QED) is 0.732. The van der Waals surface area contributed by atoms with Gasteiger partial charge in [0.2, 0.25) is 0 Å². The Morgan fingerprint density at radius 2 is 2.07 bits per heavy atom. The van der Waals surface area contributed by atoms with E-state index in [0.717, 1.165) is 30.0 Å². The van der Waals surface area contributed by atoms with Crippen molar-refractivity contribution in [1.82, 2.24) is 4.98 Å². The van der Waals surface area contributed by atoms with Gasteiger partial charge in [-0.25, -0.2) is 0 Å². The number of aromatic nitrogens is 1. The van der Waals surface area contributed by atoms with Crippen LogP contribution in [0.4, 0.5) is 0 Å². The lowest BCUT2D eigenvalue weighted by Gasteiger charge is -2.09. The third kappa shape index (κ3) is 2.02. The second-order valence-electron chi connectivity index (χ2n) is 3.47. The summed E-state index contributed by atoms with van der Waals surface area (Å²) in [6.45, 7) is 0.840. The summed E-state index contributed by atoms with van der Waals surface area (Å²) in [7, 11) is 0. The summed E-state index contributed by atoms with van der Waals surface area (Å²) in [5.74, 6) is 0.812. The van der Waals surface area contributed by atoms with E-state index in [9.17, 15) is 0 Å². The summed E-state index contributed by atoms with van der Waals surface area (Å²) in [5, 5.41) is 0. The van der Waals surface area contributed by atoms with E-state index in [2.05, 4.69) is 4.98 Å². The summed E-state index contributed by atoms with van der Waals surface area (Å²) in [6, 6.07) is 3.80. The van der Waals surface area contributed by atoms with Crippen molar-refractivity contribution in [2.45, 2.75) is 32.0 Å². The maximum atomic E-state index is 5.66. The van der Waals surface area contributed by atoms with Gasteiger partial charge < -0.3 is 16.2 Å². The Kier molecular flexibility index (Phi) is 2.65. The van der Waals surface area contributed by atoms with Crippen molar-refractivity contribution in [3.8, 4) is 5.75 Å². The molecule has 4 N–H and O–H groups in total. The van der Waals surface area contributed by atoms with Crippen LogP contribution >= 0.6 is 0 Å². The van der Waals surface area contributed by atoms with Gasteiger partial charge >= 0.3 is 0 Å². The van der Waals surface area contributed by atoms with Crippen molar-refractivity contribution in [1.29, 1.82) is 0 Å². The van der Waals surface area contributed by atoms with Crippen LogP contribution in [0.15, 0.2) is 12.1 Å². The zero-order valence-corrected chi connectivity index (χ0v) is 8.07. The number of nitrogens with zero attached hydrogens (tertiary/aromatic N) is 1. The molecule has 1 saturated carbocycles. The van der Waals surface area contributed by atoms with Crippen molar-refractivity contribution < 1.29 is 4.74 Å². The van der Waals surface area contributed by atoms with Crippen molar-refractivity contribution in [3.63, 3.8) is 0 Å². The van der Waals surface area contributed by atoms with Gasteiger partial charge in [-0.15, -0.1) is 0 Å². The molecule has 14 heavy (non-hydrogen) atoms. The van der Waals surface area contributed by atoms with E-state index in [1.807, 2.05) is 12.1 Å². The molecule has 0 spiro atoms. The van der Waals surface area contributed by atoms with Crippen molar-refractivity contribution in [3.05, 3.63) is 23.5 Å². The molecule has 4 nitrogen and oxygen atoms in total. The fourth-order valence-corrected chi connectivity index (χ4v) is 1.27. The number of pyridine rings is 1. The number of hydrogen-bond acceptors (Lipinski definition) is 4. The zero-order valence-electron chi connectivity index (χ0n) is 8.07. The smallest absolute Gasteiger partial charge is 0.142 e. The van der Waals surface area contributed by atoms with E-state index in [4.69, 9.17) is 16.2 Å². The standard InChI is InChI=1S/C10H15N3O/c11-5-7-1-4-10(9(6-12)13-7)14-8-2-3-8/h1,4,8H,2-3,5-6,11-12H2. The lowest BCUT2D eigenvalue weighted by atomic mass is 10.2. The van der Waals surface area contributed by atoms with Crippen molar-refractivity contribution >= 4 is 0 Å². The summed E-state index contributed by atoms with van der Waals surface area (Å²) in [6.07, 6.45) is 2.66. The molecule has 0 radical (unpaired) electrons. The summed E-state index contributed by atoms with van der Waals surface area (Å²) in [5.41, 5.74) is 12.7. The van der Waals surface area contributed by atoms with Crippen LogP contribution in [0.1, 0.15) is 24.2 Å². The SMILES string of the molecule is NCc1ccc(OC2CC2)c(CN)n1. The highest BCUT2D eigenvalue weighted by Gasteiger charge is 2.24. The molecule has 2 rings (SSSR count). The van der Waals surface area contributed by atoms with Crippen LogP contribution in [0.5, 0.6) is 5.75 Å². The maximum Gasteiger partial charge on any atom is 0.142 e. The van der Waals surface area contributed by atoms with Crippen LogP contribution in [-0.4, -0.2) is 11.1 Å². The summed E-state index contributed by atoms with van der Waals surface area (Å²) in [4.78, 5) is 4.32. The van der Waals surface area contributed by atoms with Gasteiger partial charge in [0.25, 0.3) is 0 Å². The Balaban J connectivity index is 2.19. The van der Waals surface area contributed by atoms with Gasteiger partial charge in [-0.2, -0.15) is 0 Å². The van der Waals surface area contributed by atoms with E-state index < -0.39 is 0 Å². The van der Waals surface area contributed by atoms with E-state index in [-0.39, 0.29) is 0 Å². The molecule has 1 heterocycles. The Morgan fingerprint density at radius 3 is 2.64 bits per heavy atom. The first-order valence-corrected chi connectivity index (χ1v) is 4.89. The van der Waals surface area contributed by atoms with Gasteiger partial charge in [0.1, 0.15) is 5.75 Å². The van der Waals surface area contributed by atoms with Gasteiger partial charge in [-0.05, 0) is 25.0 Å². The molecular formula is C10H15N3O. The molecule has 76 valence electrons. The van der Waals surface area contributed by atoms with Crippen LogP contribution in [0.3, 0.4) is 0 Å². The first kappa shape index (κ1) is 9.43. The first-order valence-electron chi connectivity index (χ1n) is 4.89. The van der Waals surface area contributed by atoms with E-state index in [1.165, 1.54) is 0 Å². The van der Waals surface area contributed by atoms with Gasteiger partial charge in [0.05, 0.1) is 17.5 Å². The van der Waals surface area contributed by atoms with Gasteiger partial charge in [0, 0.05) is 13.1 Å². The van der Waals surface area contributed by atoms with Crippen molar-refractivity contribution in [2.75, 3.05) is 0 Å². The third-order valence-corrected chi connectivity index (χ3v) is 2.21. The fraction of sp³-hybridized carbons (Fsp3) is 0.500. The maximum absolute atomic E-state index is 5.66. The van der Waals surface area contributed by atoms with Crippen LogP contribution in [0.25, 0.3) is 0 Å². The monoisotopic (exact) mass is 193 g/mol. The minimum Gasteiger partial charge on any atom is -0.488 e. The molecule has 1 aliphatic carbocycles. The van der Waals surface area contributed by atoms with E-state index in [0.29, 0.717) is 19.2 Å². The molecule has 0 unspecified atom stereocenters. The average molecular weight is 193 g/mol. The number of ether oxygens (including phenoxy) is 1. The molecule has 4 heteroatoms. The normalized spacial score (nSPS) is 15.6. The lowest BCUT2D eigenvalue weighted by Crippen LogP contribution is -2.09. The molecule has 1 aromatic rings. The zero-order chi connectivity index (χ0) is 9.97. The topological polar surface area (TPSA) is 74.2 Å². The highest BCUT2D eigenvalue weighted by molar-refractivity contribution is 5.30. The third-order valence-electron chi connectivity index (χ3n) is 2.21. The molecule has 1 aliphatic rings. The summed E-state index contributed by atoms with van der Waals surface area (Å²) < 4.78 is 5.66. The second-order valence-corrected chi connectivity index (χ2v) is 3.47.